The second-order valence-electron chi connectivity index (χ2n) is 6.82. The topological polar surface area (TPSA) is 40.5 Å². The molecule has 0 aliphatic heterocycles. The molecule has 4 rings (SSSR count). The Bertz CT molecular complexity index is 1080. The van der Waals surface area contributed by atoms with Crippen LogP contribution in [0.25, 0.3) is 11.3 Å². The molecule has 0 saturated carbocycles. The molecule has 0 saturated heterocycles. The zero-order valence-corrected chi connectivity index (χ0v) is 17.2. The lowest BCUT2D eigenvalue weighted by Gasteiger charge is -2.12. The van der Waals surface area contributed by atoms with Crippen LogP contribution in [0.2, 0.25) is 0 Å². The van der Waals surface area contributed by atoms with E-state index in [9.17, 15) is 0 Å². The molecule has 5 heteroatoms. The van der Waals surface area contributed by atoms with E-state index in [1.165, 1.54) is 5.69 Å². The van der Waals surface area contributed by atoms with Crippen molar-refractivity contribution < 1.29 is 0 Å². The molecule has 4 aromatic rings. The van der Waals surface area contributed by atoms with Crippen LogP contribution in [0.3, 0.4) is 0 Å². The van der Waals surface area contributed by atoms with Crippen molar-refractivity contribution in [3.63, 3.8) is 0 Å². The Hall–Kier alpha value is -3.44. The standard InChI is InChI=1S/C24H22N4S/c1-28(2)22-14-12-21(13-15-22)26-24-27-23(17-29-24)19-8-10-20(11-9-19)25-16-18-6-4-3-5-7-18/h3-17H,1-2H3,(H,26,27). The number of thiazole rings is 1. The highest BCUT2D eigenvalue weighted by Gasteiger charge is 2.05. The lowest BCUT2D eigenvalue weighted by molar-refractivity contribution is 1.13. The van der Waals surface area contributed by atoms with Gasteiger partial charge in [-0.15, -0.1) is 11.3 Å². The Morgan fingerprint density at radius 2 is 1.62 bits per heavy atom. The van der Waals surface area contributed by atoms with Crippen molar-refractivity contribution in [2.24, 2.45) is 4.99 Å². The molecule has 4 nitrogen and oxygen atoms in total. The highest BCUT2D eigenvalue weighted by Crippen LogP contribution is 2.29. The minimum atomic E-state index is 0.878. The zero-order chi connectivity index (χ0) is 20.1. The van der Waals surface area contributed by atoms with E-state index in [0.29, 0.717) is 0 Å². The third-order valence-corrected chi connectivity index (χ3v) is 5.22. The van der Waals surface area contributed by atoms with Crippen molar-refractivity contribution in [1.82, 2.24) is 4.98 Å². The van der Waals surface area contributed by atoms with Gasteiger partial charge in [0.1, 0.15) is 0 Å². The van der Waals surface area contributed by atoms with Crippen LogP contribution in [0.15, 0.2) is 89.2 Å². The Labute approximate surface area is 175 Å². The van der Waals surface area contributed by atoms with E-state index >= 15 is 0 Å². The van der Waals surface area contributed by atoms with Gasteiger partial charge in [0, 0.05) is 42.6 Å². The number of hydrogen-bond acceptors (Lipinski definition) is 5. The molecule has 3 aromatic carbocycles. The number of hydrogen-bond donors (Lipinski definition) is 1. The Balaban J connectivity index is 1.43. The average Bonchev–Trinajstić information content (AvgIpc) is 3.22. The molecule has 1 aromatic heterocycles. The first kappa shape index (κ1) is 18.9. The molecule has 0 radical (unpaired) electrons. The van der Waals surface area contributed by atoms with Crippen molar-refractivity contribution in [3.8, 4) is 11.3 Å². The molecule has 1 heterocycles. The average molecular weight is 399 g/mol. The Kier molecular flexibility index (Phi) is 5.68. The number of aliphatic imine (C=N–C) groups is 1. The third kappa shape index (κ3) is 4.89. The highest BCUT2D eigenvalue weighted by atomic mass is 32.1. The van der Waals surface area contributed by atoms with Crippen LogP contribution in [0.5, 0.6) is 0 Å². The maximum Gasteiger partial charge on any atom is 0.187 e. The molecular weight excluding hydrogens is 376 g/mol. The van der Waals surface area contributed by atoms with Gasteiger partial charge in [0.25, 0.3) is 0 Å². The lowest BCUT2D eigenvalue weighted by Crippen LogP contribution is -2.08. The summed E-state index contributed by atoms with van der Waals surface area (Å²) in [5.41, 5.74) is 6.25. The second-order valence-corrected chi connectivity index (χ2v) is 7.68. The first-order valence-corrected chi connectivity index (χ1v) is 10.2. The van der Waals surface area contributed by atoms with E-state index in [1.54, 1.807) is 11.3 Å². The molecule has 144 valence electrons. The number of nitrogens with one attached hydrogen (secondary N) is 1. The van der Waals surface area contributed by atoms with Crippen LogP contribution in [0.4, 0.5) is 22.2 Å². The van der Waals surface area contributed by atoms with E-state index in [4.69, 9.17) is 4.98 Å². The number of rotatable bonds is 6. The molecule has 0 amide bonds. The van der Waals surface area contributed by atoms with Crippen LogP contribution in [0.1, 0.15) is 5.56 Å². The van der Waals surface area contributed by atoms with Gasteiger partial charge in [0.05, 0.1) is 11.4 Å². The molecule has 29 heavy (non-hydrogen) atoms. The van der Waals surface area contributed by atoms with Crippen LogP contribution in [-0.4, -0.2) is 25.3 Å². The van der Waals surface area contributed by atoms with E-state index < -0.39 is 0 Å². The van der Waals surface area contributed by atoms with Crippen molar-refractivity contribution in [1.29, 1.82) is 0 Å². The normalized spacial score (nSPS) is 11.0. The molecule has 0 fully saturated rings. The van der Waals surface area contributed by atoms with Crippen LogP contribution >= 0.6 is 11.3 Å². The number of anilines is 3. The summed E-state index contributed by atoms with van der Waals surface area (Å²) in [4.78, 5) is 11.3. The summed E-state index contributed by atoms with van der Waals surface area (Å²) in [7, 11) is 4.07. The summed E-state index contributed by atoms with van der Waals surface area (Å²) in [5.74, 6) is 0. The SMILES string of the molecule is CN(C)c1ccc(Nc2nc(-c3ccc(N=Cc4ccccc4)cc3)cs2)cc1. The van der Waals surface area contributed by atoms with Gasteiger partial charge in [0.15, 0.2) is 5.13 Å². The van der Waals surface area contributed by atoms with Gasteiger partial charge in [-0.25, -0.2) is 4.98 Å². The van der Waals surface area contributed by atoms with Crippen LogP contribution in [-0.2, 0) is 0 Å². The van der Waals surface area contributed by atoms with Crippen molar-refractivity contribution in [3.05, 3.63) is 89.8 Å². The predicted molar refractivity (Wildman–Crippen MR) is 125 cm³/mol. The second kappa shape index (κ2) is 8.71. The van der Waals surface area contributed by atoms with Gasteiger partial charge in [-0.1, -0.05) is 42.5 Å². The summed E-state index contributed by atoms with van der Waals surface area (Å²) in [6, 6.07) is 26.5. The zero-order valence-electron chi connectivity index (χ0n) is 16.4. The Morgan fingerprint density at radius 3 is 2.31 bits per heavy atom. The highest BCUT2D eigenvalue weighted by molar-refractivity contribution is 7.14. The van der Waals surface area contributed by atoms with Crippen LogP contribution < -0.4 is 10.2 Å². The maximum atomic E-state index is 4.72. The van der Waals surface area contributed by atoms with Gasteiger partial charge in [-0.3, -0.25) is 4.99 Å². The molecule has 0 atom stereocenters. The molecule has 0 spiro atoms. The quantitative estimate of drug-likeness (QED) is 0.384. The third-order valence-electron chi connectivity index (χ3n) is 4.46. The molecule has 0 aliphatic rings. The summed E-state index contributed by atoms with van der Waals surface area (Å²) in [5, 5.41) is 6.32. The minimum Gasteiger partial charge on any atom is -0.378 e. The first-order valence-electron chi connectivity index (χ1n) is 9.37. The maximum absolute atomic E-state index is 4.72. The first-order chi connectivity index (χ1) is 14.2. The fourth-order valence-electron chi connectivity index (χ4n) is 2.84. The number of nitrogens with zero attached hydrogens (tertiary/aromatic N) is 3. The van der Waals surface area contributed by atoms with Gasteiger partial charge >= 0.3 is 0 Å². The van der Waals surface area contributed by atoms with Crippen LogP contribution in [0, 0.1) is 0 Å². The van der Waals surface area contributed by atoms with Crippen molar-refractivity contribution in [2.45, 2.75) is 0 Å². The summed E-state index contributed by atoms with van der Waals surface area (Å²) in [6.07, 6.45) is 1.88. The number of aromatic nitrogens is 1. The fourth-order valence-corrected chi connectivity index (χ4v) is 3.58. The van der Waals surface area contributed by atoms with E-state index in [-0.39, 0.29) is 0 Å². The molecular formula is C24H22N4S. The smallest absolute Gasteiger partial charge is 0.187 e. The summed E-state index contributed by atoms with van der Waals surface area (Å²) in [6.45, 7) is 0. The molecule has 0 aliphatic carbocycles. The van der Waals surface area contributed by atoms with Gasteiger partial charge in [0.2, 0.25) is 0 Å². The molecule has 1 N–H and O–H groups in total. The summed E-state index contributed by atoms with van der Waals surface area (Å²) >= 11 is 1.60. The van der Waals surface area contributed by atoms with E-state index in [1.807, 2.05) is 62.8 Å². The molecule has 0 unspecified atom stereocenters. The fraction of sp³-hybridized carbons (Fsp3) is 0.0833. The monoisotopic (exact) mass is 398 g/mol. The summed E-state index contributed by atoms with van der Waals surface area (Å²) < 4.78 is 0. The van der Waals surface area contributed by atoms with Gasteiger partial charge in [-0.2, -0.15) is 0 Å². The minimum absolute atomic E-state index is 0.878. The van der Waals surface area contributed by atoms with Crippen molar-refractivity contribution in [2.75, 3.05) is 24.3 Å². The van der Waals surface area contributed by atoms with E-state index in [2.05, 4.69) is 57.0 Å². The number of benzene rings is 3. The van der Waals surface area contributed by atoms with Crippen molar-refractivity contribution >= 4 is 39.7 Å². The predicted octanol–water partition coefficient (Wildman–Crippen LogP) is 6.37. The molecule has 0 bridgehead atoms. The van der Waals surface area contributed by atoms with Gasteiger partial charge in [-0.05, 0) is 42.0 Å². The lowest BCUT2D eigenvalue weighted by atomic mass is 10.1. The Morgan fingerprint density at radius 1 is 0.897 bits per heavy atom. The van der Waals surface area contributed by atoms with E-state index in [0.717, 1.165) is 33.3 Å². The largest absolute Gasteiger partial charge is 0.378 e. The van der Waals surface area contributed by atoms with Gasteiger partial charge < -0.3 is 10.2 Å².